The first kappa shape index (κ1) is 22.8. The number of nitrogens with zero attached hydrogens (tertiary/aromatic N) is 7. The summed E-state index contributed by atoms with van der Waals surface area (Å²) >= 11 is 6.34. The smallest absolute Gasteiger partial charge is 0.263 e. The van der Waals surface area contributed by atoms with Gasteiger partial charge in [0, 0.05) is 12.7 Å². The van der Waals surface area contributed by atoms with Crippen LogP contribution in [-0.2, 0) is 0 Å². The number of benzene rings is 1. The highest BCUT2D eigenvalue weighted by molar-refractivity contribution is 6.32. The average Bonchev–Trinajstić information content (AvgIpc) is 3.65. The first-order valence-electron chi connectivity index (χ1n) is 11.1. The number of carbonyl (C=O) groups excluding carboxylic acids is 1. The molecule has 4 heterocycles. The lowest BCUT2D eigenvalue weighted by atomic mass is 10.1. The molecule has 1 fully saturated rings. The molecule has 1 unspecified atom stereocenters. The number of rotatable bonds is 7. The molecule has 1 aliphatic heterocycles. The van der Waals surface area contributed by atoms with Gasteiger partial charge in [0.25, 0.3) is 11.8 Å². The second-order valence-electron chi connectivity index (χ2n) is 7.73. The molecule has 0 bridgehead atoms. The van der Waals surface area contributed by atoms with Crippen LogP contribution in [0.15, 0.2) is 47.4 Å². The van der Waals surface area contributed by atoms with E-state index < -0.39 is 0 Å². The molecule has 0 aliphatic carbocycles. The number of methoxy groups -OCH3 is 1. The second-order valence-corrected chi connectivity index (χ2v) is 8.13. The molecule has 0 saturated carbocycles. The molecule has 0 N–H and O–H groups in total. The van der Waals surface area contributed by atoms with Crippen LogP contribution in [0.2, 0.25) is 5.02 Å². The van der Waals surface area contributed by atoms with Crippen LogP contribution < -0.4 is 9.47 Å². The van der Waals surface area contributed by atoms with E-state index >= 15 is 0 Å². The molecule has 1 atom stereocenters. The maximum Gasteiger partial charge on any atom is 0.263 e. The minimum Gasteiger partial charge on any atom is -0.495 e. The first-order valence-corrected chi connectivity index (χ1v) is 11.5. The standard InChI is InChI=1S/C23H22ClN7O4/c1-3-34-21-14(6-4-8-25-21)22-28-20(29-35-22)17-7-5-11-30(17)23(32)15-12-19(33-2)16(24)13-18(15)31-26-9-10-27-31/h4,6,8-10,12-13,17H,3,5,7,11H2,1-2H3. The zero-order valence-corrected chi connectivity index (χ0v) is 19.8. The fourth-order valence-electron chi connectivity index (χ4n) is 4.09. The maximum atomic E-state index is 13.8. The average molecular weight is 496 g/mol. The van der Waals surface area contributed by atoms with Crippen LogP contribution in [0.3, 0.4) is 0 Å². The van der Waals surface area contributed by atoms with Crippen molar-refractivity contribution in [1.29, 1.82) is 0 Å². The van der Waals surface area contributed by atoms with E-state index in [2.05, 4.69) is 25.3 Å². The van der Waals surface area contributed by atoms with Gasteiger partial charge in [-0.05, 0) is 44.0 Å². The van der Waals surface area contributed by atoms with Crippen LogP contribution in [0.4, 0.5) is 0 Å². The number of hydrogen-bond acceptors (Lipinski definition) is 9. The third-order valence-electron chi connectivity index (χ3n) is 5.67. The molecule has 1 amide bonds. The molecule has 1 saturated heterocycles. The molecule has 0 spiro atoms. The van der Waals surface area contributed by atoms with Crippen molar-refractivity contribution in [2.45, 2.75) is 25.8 Å². The highest BCUT2D eigenvalue weighted by Crippen LogP contribution is 2.36. The number of pyridine rings is 1. The van der Waals surface area contributed by atoms with Crippen LogP contribution in [0, 0.1) is 0 Å². The topological polar surface area (TPSA) is 121 Å². The summed E-state index contributed by atoms with van der Waals surface area (Å²) in [6.07, 6.45) is 6.17. The molecule has 180 valence electrons. The van der Waals surface area contributed by atoms with E-state index in [1.165, 1.54) is 24.3 Å². The van der Waals surface area contributed by atoms with Gasteiger partial charge in [0.05, 0.1) is 42.7 Å². The summed E-state index contributed by atoms with van der Waals surface area (Å²) in [5, 5.41) is 12.9. The highest BCUT2D eigenvalue weighted by Gasteiger charge is 2.36. The normalized spacial score (nSPS) is 15.4. The van der Waals surface area contributed by atoms with Gasteiger partial charge < -0.3 is 18.9 Å². The lowest BCUT2D eigenvalue weighted by molar-refractivity contribution is 0.0727. The van der Waals surface area contributed by atoms with E-state index in [9.17, 15) is 4.79 Å². The Bertz CT molecular complexity index is 1340. The highest BCUT2D eigenvalue weighted by atomic mass is 35.5. The molecule has 1 aliphatic rings. The zero-order chi connectivity index (χ0) is 24.4. The summed E-state index contributed by atoms with van der Waals surface area (Å²) < 4.78 is 16.5. The SMILES string of the molecule is CCOc1ncccc1-c1nc(C2CCCN2C(=O)c2cc(OC)c(Cl)cc2-n2nccn2)no1. The number of carbonyl (C=O) groups is 1. The van der Waals surface area contributed by atoms with Crippen molar-refractivity contribution < 1.29 is 18.8 Å². The van der Waals surface area contributed by atoms with Gasteiger partial charge in [-0.1, -0.05) is 16.8 Å². The van der Waals surface area contributed by atoms with Gasteiger partial charge in [0.1, 0.15) is 17.0 Å². The van der Waals surface area contributed by atoms with Gasteiger partial charge in [0.15, 0.2) is 5.82 Å². The number of amides is 1. The van der Waals surface area contributed by atoms with Gasteiger partial charge in [-0.25, -0.2) is 4.98 Å². The van der Waals surface area contributed by atoms with E-state index in [0.717, 1.165) is 6.42 Å². The maximum absolute atomic E-state index is 13.8. The molecule has 4 aromatic rings. The van der Waals surface area contributed by atoms with E-state index in [1.54, 1.807) is 35.4 Å². The van der Waals surface area contributed by atoms with Gasteiger partial charge in [-0.3, -0.25) is 4.79 Å². The Balaban J connectivity index is 1.49. The Morgan fingerprint density at radius 3 is 2.86 bits per heavy atom. The Hall–Kier alpha value is -3.99. The van der Waals surface area contributed by atoms with Crippen LogP contribution in [-0.4, -0.2) is 61.2 Å². The Kier molecular flexibility index (Phi) is 6.32. The van der Waals surface area contributed by atoms with Crippen molar-refractivity contribution in [2.75, 3.05) is 20.3 Å². The van der Waals surface area contributed by atoms with E-state index in [4.69, 9.17) is 25.6 Å². The summed E-state index contributed by atoms with van der Waals surface area (Å²) in [5.41, 5.74) is 1.39. The lowest BCUT2D eigenvalue weighted by Gasteiger charge is -2.23. The lowest BCUT2D eigenvalue weighted by Crippen LogP contribution is -2.32. The molecular weight excluding hydrogens is 474 g/mol. The van der Waals surface area contributed by atoms with Gasteiger partial charge in [-0.2, -0.15) is 20.0 Å². The van der Waals surface area contributed by atoms with Crippen LogP contribution >= 0.6 is 11.6 Å². The van der Waals surface area contributed by atoms with Crippen molar-refractivity contribution in [3.63, 3.8) is 0 Å². The monoisotopic (exact) mass is 495 g/mol. The quantitative estimate of drug-likeness (QED) is 0.377. The summed E-state index contributed by atoms with van der Waals surface area (Å²) in [6.45, 7) is 2.85. The summed E-state index contributed by atoms with van der Waals surface area (Å²) in [7, 11) is 1.50. The van der Waals surface area contributed by atoms with Crippen molar-refractivity contribution in [1.82, 2.24) is 35.0 Å². The molecule has 3 aromatic heterocycles. The fraction of sp³-hybridized carbons (Fsp3) is 0.304. The van der Waals surface area contributed by atoms with E-state index in [0.29, 0.717) is 58.9 Å². The van der Waals surface area contributed by atoms with Crippen LogP contribution in [0.5, 0.6) is 11.6 Å². The Morgan fingerprint density at radius 2 is 2.09 bits per heavy atom. The predicted octanol–water partition coefficient (Wildman–Crippen LogP) is 3.75. The minimum atomic E-state index is -0.368. The van der Waals surface area contributed by atoms with Crippen molar-refractivity contribution in [3.05, 3.63) is 59.3 Å². The van der Waals surface area contributed by atoms with E-state index in [-0.39, 0.29) is 17.8 Å². The molecular formula is C23H22ClN7O4. The number of likely N-dealkylation sites (tertiary alicyclic amines) is 1. The molecule has 0 radical (unpaired) electrons. The predicted molar refractivity (Wildman–Crippen MR) is 125 cm³/mol. The van der Waals surface area contributed by atoms with Crippen molar-refractivity contribution in [3.8, 4) is 28.8 Å². The van der Waals surface area contributed by atoms with Gasteiger partial charge in [0.2, 0.25) is 5.88 Å². The second kappa shape index (κ2) is 9.71. The number of aromatic nitrogens is 6. The van der Waals surface area contributed by atoms with Gasteiger partial charge in [-0.15, -0.1) is 0 Å². The largest absolute Gasteiger partial charge is 0.495 e. The Morgan fingerprint density at radius 1 is 1.26 bits per heavy atom. The minimum absolute atomic E-state index is 0.238. The molecule has 35 heavy (non-hydrogen) atoms. The summed E-state index contributed by atoms with van der Waals surface area (Å²) in [4.78, 5) is 25.7. The molecule has 12 heteroatoms. The van der Waals surface area contributed by atoms with Crippen LogP contribution in [0.1, 0.15) is 42.0 Å². The third-order valence-corrected chi connectivity index (χ3v) is 5.97. The molecule has 1 aromatic carbocycles. The number of ether oxygens (including phenoxy) is 2. The zero-order valence-electron chi connectivity index (χ0n) is 19.1. The van der Waals surface area contributed by atoms with Gasteiger partial charge >= 0.3 is 0 Å². The summed E-state index contributed by atoms with van der Waals surface area (Å²) in [6, 6.07) is 6.42. The fourth-order valence-corrected chi connectivity index (χ4v) is 4.33. The van der Waals surface area contributed by atoms with Crippen molar-refractivity contribution in [2.24, 2.45) is 0 Å². The third kappa shape index (κ3) is 4.30. The molecule has 11 nitrogen and oxygen atoms in total. The van der Waals surface area contributed by atoms with Crippen LogP contribution in [0.25, 0.3) is 17.1 Å². The van der Waals surface area contributed by atoms with E-state index in [1.807, 2.05) is 6.92 Å². The molecule has 5 rings (SSSR count). The number of halogens is 1. The number of hydrogen-bond donors (Lipinski definition) is 0. The first-order chi connectivity index (χ1) is 17.1. The summed E-state index contributed by atoms with van der Waals surface area (Å²) in [5.74, 6) is 1.25. The van der Waals surface area contributed by atoms with Crippen molar-refractivity contribution >= 4 is 17.5 Å². The Labute approximate surface area is 205 Å².